The minimum atomic E-state index is -3.71. The van der Waals surface area contributed by atoms with Gasteiger partial charge in [0, 0.05) is 6.26 Å². The van der Waals surface area contributed by atoms with E-state index in [1.54, 1.807) is 13.8 Å². The molecule has 0 aliphatic rings. The molecule has 0 heterocycles. The third kappa shape index (κ3) is 8.66. The molecule has 0 unspecified atom stereocenters. The van der Waals surface area contributed by atoms with Gasteiger partial charge < -0.3 is 4.74 Å². The fourth-order valence-corrected chi connectivity index (χ4v) is 3.63. The first-order chi connectivity index (χ1) is 7.02. The van der Waals surface area contributed by atoms with Crippen molar-refractivity contribution in [2.45, 2.75) is 20.0 Å². The zero-order valence-electron chi connectivity index (χ0n) is 9.46. The van der Waals surface area contributed by atoms with Gasteiger partial charge in [0.05, 0.1) is 17.6 Å². The molecule has 0 aliphatic heterocycles. The lowest BCUT2D eigenvalue weighted by Gasteiger charge is -2.07. The Balaban J connectivity index is 4.32. The van der Waals surface area contributed by atoms with E-state index in [0.29, 0.717) is 0 Å². The summed E-state index contributed by atoms with van der Waals surface area (Å²) in [7, 11) is -7.06. The lowest BCUT2D eigenvalue weighted by atomic mass is 10.5. The summed E-state index contributed by atoms with van der Waals surface area (Å²) in [5, 5.41) is 0. The second-order valence-corrected chi connectivity index (χ2v) is 8.20. The first-order valence-corrected chi connectivity index (χ1v) is 8.48. The summed E-state index contributed by atoms with van der Waals surface area (Å²) in [5.41, 5.74) is 0. The maximum Gasteiger partial charge on any atom is 0.321 e. The smallest absolute Gasteiger partial charge is 0.321 e. The number of sulfone groups is 2. The highest BCUT2D eigenvalue weighted by atomic mass is 32.2. The van der Waals surface area contributed by atoms with E-state index in [2.05, 4.69) is 4.74 Å². The summed E-state index contributed by atoms with van der Waals surface area (Å²) in [6.07, 6.45) is 0.548. The first kappa shape index (κ1) is 15.4. The van der Waals surface area contributed by atoms with Crippen molar-refractivity contribution in [3.8, 4) is 0 Å². The molecule has 0 spiro atoms. The van der Waals surface area contributed by atoms with Crippen LogP contribution >= 0.6 is 0 Å². The molecule has 0 bridgehead atoms. The van der Waals surface area contributed by atoms with E-state index in [-0.39, 0.29) is 0 Å². The fourth-order valence-electron chi connectivity index (χ4n) is 0.827. The van der Waals surface area contributed by atoms with Crippen LogP contribution in [0.3, 0.4) is 0 Å². The van der Waals surface area contributed by atoms with Gasteiger partial charge >= 0.3 is 5.97 Å². The van der Waals surface area contributed by atoms with E-state index in [4.69, 9.17) is 0 Å². The molecule has 0 aromatic carbocycles. The highest BCUT2D eigenvalue weighted by Gasteiger charge is 2.20. The van der Waals surface area contributed by atoms with Crippen molar-refractivity contribution in [1.82, 2.24) is 0 Å². The Morgan fingerprint density at radius 1 is 1.12 bits per heavy atom. The average molecular weight is 272 g/mol. The van der Waals surface area contributed by atoms with Crippen molar-refractivity contribution in [1.29, 1.82) is 0 Å². The number of esters is 1. The molecule has 0 rings (SSSR count). The monoisotopic (exact) mass is 272 g/mol. The minimum Gasteiger partial charge on any atom is -0.462 e. The number of carbonyl (C=O) groups excluding carboxylic acids is 1. The maximum atomic E-state index is 11.3. The number of rotatable bonds is 6. The van der Waals surface area contributed by atoms with Gasteiger partial charge in [-0.1, -0.05) is 0 Å². The van der Waals surface area contributed by atoms with Crippen LogP contribution in [0, 0.1) is 0 Å². The molecular formula is C8H16O6S2. The molecule has 16 heavy (non-hydrogen) atoms. The summed E-state index contributed by atoms with van der Waals surface area (Å²) < 4.78 is 48.8. The molecule has 0 radical (unpaired) electrons. The van der Waals surface area contributed by atoms with Gasteiger partial charge in [-0.15, -0.1) is 0 Å². The minimum absolute atomic E-state index is 0.391. The van der Waals surface area contributed by atoms with Crippen LogP contribution in [0.1, 0.15) is 13.8 Å². The van der Waals surface area contributed by atoms with Crippen molar-refractivity contribution < 1.29 is 26.4 Å². The number of hydrogen-bond donors (Lipinski definition) is 0. The van der Waals surface area contributed by atoms with E-state index >= 15 is 0 Å². The molecule has 0 aliphatic carbocycles. The van der Waals surface area contributed by atoms with Crippen molar-refractivity contribution in [2.75, 3.05) is 23.5 Å². The number of carbonyl (C=O) groups is 1. The Bertz CT molecular complexity index is 431. The standard InChI is InChI=1S/C8H16O6S2/c1-7(2)14-8(9)6-16(12,13)5-4-15(3,10)11/h7H,4-6H2,1-3H3. The second-order valence-electron chi connectivity index (χ2n) is 3.76. The van der Waals surface area contributed by atoms with Crippen LogP contribution < -0.4 is 0 Å². The maximum absolute atomic E-state index is 11.3. The average Bonchev–Trinajstić information content (AvgIpc) is 1.96. The van der Waals surface area contributed by atoms with Crippen molar-refractivity contribution in [3.63, 3.8) is 0 Å². The third-order valence-electron chi connectivity index (χ3n) is 1.47. The zero-order valence-corrected chi connectivity index (χ0v) is 11.1. The van der Waals surface area contributed by atoms with Gasteiger partial charge in [-0.25, -0.2) is 16.8 Å². The Kier molecular flexibility index (Phi) is 5.40. The van der Waals surface area contributed by atoms with Crippen molar-refractivity contribution >= 4 is 25.6 Å². The van der Waals surface area contributed by atoms with Gasteiger partial charge in [-0.2, -0.15) is 0 Å². The van der Waals surface area contributed by atoms with Gasteiger partial charge in [0.1, 0.15) is 15.6 Å². The van der Waals surface area contributed by atoms with E-state index in [1.165, 1.54) is 0 Å². The molecule has 0 saturated heterocycles. The molecule has 0 aromatic heterocycles. The zero-order chi connectivity index (χ0) is 13.0. The Morgan fingerprint density at radius 2 is 1.62 bits per heavy atom. The quantitative estimate of drug-likeness (QED) is 0.599. The summed E-state index contributed by atoms with van der Waals surface area (Å²) in [6, 6.07) is 0. The highest BCUT2D eigenvalue weighted by molar-refractivity contribution is 7.95. The van der Waals surface area contributed by atoms with E-state index < -0.39 is 49.0 Å². The van der Waals surface area contributed by atoms with Crippen LogP contribution in [0.2, 0.25) is 0 Å². The SMILES string of the molecule is CC(C)OC(=O)CS(=O)(=O)CCS(C)(=O)=O. The summed E-state index contributed by atoms with van der Waals surface area (Å²) in [5.74, 6) is -2.67. The molecule has 0 saturated carbocycles. The molecule has 0 N–H and O–H groups in total. The molecular weight excluding hydrogens is 256 g/mol. The first-order valence-electron chi connectivity index (χ1n) is 4.59. The summed E-state index contributed by atoms with van der Waals surface area (Å²) in [6.45, 7) is 3.20. The fraction of sp³-hybridized carbons (Fsp3) is 0.875. The molecule has 0 amide bonds. The van der Waals surface area contributed by atoms with Gasteiger partial charge in [-0.3, -0.25) is 4.79 Å². The lowest BCUT2D eigenvalue weighted by Crippen LogP contribution is -2.26. The van der Waals surface area contributed by atoms with Gasteiger partial charge in [0.2, 0.25) is 0 Å². The molecule has 96 valence electrons. The van der Waals surface area contributed by atoms with Crippen LogP contribution in [-0.2, 0) is 29.2 Å². The van der Waals surface area contributed by atoms with Crippen LogP contribution in [-0.4, -0.2) is 52.4 Å². The number of ether oxygens (including phenoxy) is 1. The predicted octanol–water partition coefficient (Wildman–Crippen LogP) is -0.603. The van der Waals surface area contributed by atoms with Crippen LogP contribution in [0.4, 0.5) is 0 Å². The Labute approximate surface area is 95.8 Å². The number of hydrogen-bond acceptors (Lipinski definition) is 6. The molecule has 8 heteroatoms. The predicted molar refractivity (Wildman–Crippen MR) is 59.6 cm³/mol. The molecule has 0 fully saturated rings. The molecule has 6 nitrogen and oxygen atoms in total. The molecule has 0 atom stereocenters. The topological polar surface area (TPSA) is 94.6 Å². The lowest BCUT2D eigenvalue weighted by molar-refractivity contribution is -0.144. The van der Waals surface area contributed by atoms with Crippen molar-refractivity contribution in [2.24, 2.45) is 0 Å². The van der Waals surface area contributed by atoms with Gasteiger partial charge in [0.15, 0.2) is 9.84 Å². The van der Waals surface area contributed by atoms with E-state index in [9.17, 15) is 21.6 Å². The van der Waals surface area contributed by atoms with E-state index in [0.717, 1.165) is 6.26 Å². The normalized spacial score (nSPS) is 12.8. The van der Waals surface area contributed by atoms with Gasteiger partial charge in [0.25, 0.3) is 0 Å². The third-order valence-corrected chi connectivity index (χ3v) is 4.18. The Hall–Kier alpha value is -0.630. The highest BCUT2D eigenvalue weighted by Crippen LogP contribution is 1.97. The Morgan fingerprint density at radius 3 is 2.00 bits per heavy atom. The summed E-state index contributed by atoms with van der Waals surface area (Å²) >= 11 is 0. The van der Waals surface area contributed by atoms with Gasteiger partial charge in [-0.05, 0) is 13.8 Å². The van der Waals surface area contributed by atoms with Crippen LogP contribution in [0.15, 0.2) is 0 Å². The largest absolute Gasteiger partial charge is 0.462 e. The molecule has 0 aromatic rings. The van der Waals surface area contributed by atoms with Crippen LogP contribution in [0.25, 0.3) is 0 Å². The van der Waals surface area contributed by atoms with Crippen LogP contribution in [0.5, 0.6) is 0 Å². The summed E-state index contributed by atoms with van der Waals surface area (Å²) in [4.78, 5) is 11.0. The van der Waals surface area contributed by atoms with Crippen molar-refractivity contribution in [3.05, 3.63) is 0 Å². The second kappa shape index (κ2) is 5.62. The van der Waals surface area contributed by atoms with E-state index in [1.807, 2.05) is 0 Å².